The van der Waals surface area contributed by atoms with Gasteiger partial charge in [-0.3, -0.25) is 33.8 Å². The van der Waals surface area contributed by atoms with Crippen molar-refractivity contribution in [2.24, 2.45) is 29.4 Å². The van der Waals surface area contributed by atoms with Gasteiger partial charge >= 0.3 is 0 Å². The molecule has 1 heterocycles. The summed E-state index contributed by atoms with van der Waals surface area (Å²) < 4.78 is 19.4. The number of ketones is 4. The van der Waals surface area contributed by atoms with Gasteiger partial charge in [0.1, 0.15) is 17.7 Å². The van der Waals surface area contributed by atoms with Gasteiger partial charge in [-0.05, 0) is 80.6 Å². The number of nitrogens with zero attached hydrogens (tertiary/aromatic N) is 2. The highest BCUT2D eigenvalue weighted by molar-refractivity contribution is 6.32. The van der Waals surface area contributed by atoms with Gasteiger partial charge in [0.25, 0.3) is 0 Å². The normalized spacial score (nSPS) is 30.2. The van der Waals surface area contributed by atoms with Crippen LogP contribution in [0.25, 0.3) is 11.1 Å². The number of methoxy groups -OCH3 is 1. The van der Waals surface area contributed by atoms with Gasteiger partial charge in [-0.2, -0.15) is 0 Å². The number of primary amides is 1. The molecular weight excluding hydrogens is 597 g/mol. The fourth-order valence-corrected chi connectivity index (χ4v) is 8.24. The minimum Gasteiger partial charge on any atom is -0.507 e. The molecule has 0 bridgehead atoms. The number of Topliss-reactive ketones (excluding diaryl/α,β-unsaturated/α-hetero) is 4. The zero-order chi connectivity index (χ0) is 33.2. The Labute approximate surface area is 265 Å². The summed E-state index contributed by atoms with van der Waals surface area (Å²) in [6, 6.07) is 7.57. The lowest BCUT2D eigenvalue weighted by Crippen LogP contribution is -2.74. The molecule has 12 heteroatoms. The molecule has 2 saturated carbocycles. The fraction of sp³-hybridized carbons (Fsp3) is 0.500. The summed E-state index contributed by atoms with van der Waals surface area (Å²) in [5.74, 6) is -10.4. The second-order valence-corrected chi connectivity index (χ2v) is 13.3. The smallest absolute Gasteiger partial charge is 0.235 e. The molecule has 46 heavy (non-hydrogen) atoms. The predicted molar refractivity (Wildman–Crippen MR) is 163 cm³/mol. The van der Waals surface area contributed by atoms with Crippen molar-refractivity contribution in [1.82, 2.24) is 9.80 Å². The number of amides is 1. The third-order valence-corrected chi connectivity index (χ3v) is 10.4. The van der Waals surface area contributed by atoms with Crippen molar-refractivity contribution in [3.05, 3.63) is 47.0 Å². The van der Waals surface area contributed by atoms with E-state index in [1.54, 1.807) is 20.2 Å². The molecule has 2 aromatic carbocycles. The number of halogens is 1. The predicted octanol–water partition coefficient (Wildman–Crippen LogP) is 1.48. The number of carbonyl (C=O) groups excluding carboxylic acids is 5. The molecule has 4 aliphatic rings. The van der Waals surface area contributed by atoms with Crippen LogP contribution in [0.1, 0.15) is 40.7 Å². The zero-order valence-electron chi connectivity index (χ0n) is 26.0. The molecule has 0 radical (unpaired) electrons. The highest BCUT2D eigenvalue weighted by Gasteiger charge is 2.69. The number of likely N-dealkylation sites (tertiary alicyclic amines) is 1. The van der Waals surface area contributed by atoms with Gasteiger partial charge in [0.2, 0.25) is 5.91 Å². The minimum absolute atomic E-state index is 0.0410. The average molecular weight is 636 g/mol. The standard InChI is InChI=1S/C34H38FN3O8/c1-37(2)28-22-14-17-13-21-19(20-12-16(4-7-24(20)46-3)15-38-10-8-18(35)9-11-38)5-6-23(39)26(21)29(40)25(17)31(42)34(22,45)32(43)27(30(28)41)33(36)44/h4-7,12,17-18,22,25,27-28,39,45H,8-11,13-15H2,1-3H3,(H2,36,44)/t17-,22-,25?,27?,28-,34-/m0/s1. The third-order valence-electron chi connectivity index (χ3n) is 10.4. The Balaban J connectivity index is 1.43. The molecule has 244 valence electrons. The van der Waals surface area contributed by atoms with Crippen LogP contribution in [0.15, 0.2) is 30.3 Å². The second kappa shape index (κ2) is 11.7. The second-order valence-electron chi connectivity index (χ2n) is 13.3. The number of fused-ring (bicyclic) bond motifs is 3. The summed E-state index contributed by atoms with van der Waals surface area (Å²) in [4.78, 5) is 71.0. The lowest BCUT2D eigenvalue weighted by Gasteiger charge is -2.52. The van der Waals surface area contributed by atoms with Crippen molar-refractivity contribution in [1.29, 1.82) is 0 Å². The number of phenols is 1. The Morgan fingerprint density at radius 3 is 2.41 bits per heavy atom. The van der Waals surface area contributed by atoms with Gasteiger partial charge in [-0.15, -0.1) is 0 Å². The molecule has 0 spiro atoms. The quantitative estimate of drug-likeness (QED) is 0.396. The molecule has 4 N–H and O–H groups in total. The van der Waals surface area contributed by atoms with Crippen molar-refractivity contribution in [3.8, 4) is 22.6 Å². The van der Waals surface area contributed by atoms with Crippen LogP contribution in [-0.2, 0) is 32.1 Å². The van der Waals surface area contributed by atoms with Crippen LogP contribution in [0.4, 0.5) is 4.39 Å². The van der Waals surface area contributed by atoms with Crippen molar-refractivity contribution in [3.63, 3.8) is 0 Å². The number of nitrogens with two attached hydrogens (primary N) is 1. The lowest BCUT2D eigenvalue weighted by atomic mass is 9.52. The Hall–Kier alpha value is -4.00. The van der Waals surface area contributed by atoms with E-state index in [-0.39, 0.29) is 24.2 Å². The van der Waals surface area contributed by atoms with E-state index in [0.717, 1.165) is 5.56 Å². The van der Waals surface area contributed by atoms with Crippen LogP contribution in [0.5, 0.6) is 11.5 Å². The third kappa shape index (κ3) is 4.85. The van der Waals surface area contributed by atoms with Crippen LogP contribution in [0.3, 0.4) is 0 Å². The van der Waals surface area contributed by atoms with Crippen LogP contribution in [0.2, 0.25) is 0 Å². The Kier molecular flexibility index (Phi) is 8.10. The van der Waals surface area contributed by atoms with Gasteiger partial charge in [-0.25, -0.2) is 4.39 Å². The molecule has 2 unspecified atom stereocenters. The molecule has 0 aromatic heterocycles. The van der Waals surface area contributed by atoms with E-state index in [1.807, 2.05) is 18.2 Å². The van der Waals surface area contributed by atoms with E-state index in [9.17, 15) is 38.6 Å². The molecular formula is C34H38FN3O8. The number of hydrogen-bond donors (Lipinski definition) is 3. The molecule has 6 atom stereocenters. The fourth-order valence-electron chi connectivity index (χ4n) is 8.24. The van der Waals surface area contributed by atoms with Gasteiger partial charge in [0.05, 0.1) is 24.6 Å². The first kappa shape index (κ1) is 32.0. The summed E-state index contributed by atoms with van der Waals surface area (Å²) in [5.41, 5.74) is 5.25. The monoisotopic (exact) mass is 635 g/mol. The molecule has 2 aromatic rings. The van der Waals surface area contributed by atoms with E-state index in [0.29, 0.717) is 54.9 Å². The van der Waals surface area contributed by atoms with Gasteiger partial charge in [0, 0.05) is 31.1 Å². The SMILES string of the molecule is COc1ccc(CN2CCC(F)CC2)cc1-c1ccc(O)c2c1C[C@H]1C[C@H]3[C@H](N(C)C)C(=O)C(C(N)=O)C(=O)[C@@]3(O)C(=O)C1C2=O. The van der Waals surface area contributed by atoms with Crippen molar-refractivity contribution in [2.45, 2.75) is 50.0 Å². The number of benzene rings is 2. The molecule has 1 aliphatic heterocycles. The van der Waals surface area contributed by atoms with Crippen molar-refractivity contribution < 1.29 is 43.3 Å². The molecule has 6 rings (SSSR count). The van der Waals surface area contributed by atoms with Crippen molar-refractivity contribution in [2.75, 3.05) is 34.3 Å². The van der Waals surface area contributed by atoms with E-state index < -0.39 is 70.5 Å². The maximum absolute atomic E-state index is 14.2. The number of aliphatic hydroxyl groups is 1. The molecule has 3 fully saturated rings. The largest absolute Gasteiger partial charge is 0.507 e. The number of ether oxygens (including phenoxy) is 1. The zero-order valence-corrected chi connectivity index (χ0v) is 26.0. The lowest BCUT2D eigenvalue weighted by molar-refractivity contribution is -0.181. The number of hydrogen-bond acceptors (Lipinski definition) is 10. The first-order chi connectivity index (χ1) is 21.8. The van der Waals surface area contributed by atoms with Gasteiger partial charge in [0.15, 0.2) is 34.7 Å². The van der Waals surface area contributed by atoms with E-state index in [1.165, 1.54) is 18.1 Å². The number of rotatable bonds is 6. The van der Waals surface area contributed by atoms with E-state index >= 15 is 0 Å². The van der Waals surface area contributed by atoms with Gasteiger partial charge < -0.3 is 20.7 Å². The van der Waals surface area contributed by atoms with E-state index in [4.69, 9.17) is 10.5 Å². The summed E-state index contributed by atoms with van der Waals surface area (Å²) in [7, 11) is 4.62. The maximum Gasteiger partial charge on any atom is 0.235 e. The molecule has 1 amide bonds. The molecule has 3 aliphatic carbocycles. The number of piperidine rings is 1. The Morgan fingerprint density at radius 2 is 1.78 bits per heavy atom. The highest BCUT2D eigenvalue weighted by Crippen LogP contribution is 2.52. The first-order valence-electron chi connectivity index (χ1n) is 15.5. The Bertz CT molecular complexity index is 1650. The van der Waals surface area contributed by atoms with Gasteiger partial charge in [-0.1, -0.05) is 12.1 Å². The van der Waals surface area contributed by atoms with Crippen LogP contribution < -0.4 is 10.5 Å². The summed E-state index contributed by atoms with van der Waals surface area (Å²) in [5, 5.41) is 22.8. The number of phenolic OH excluding ortho intramolecular Hbond substituents is 1. The number of likely N-dealkylation sites (N-methyl/N-ethyl adjacent to an activating group) is 1. The average Bonchev–Trinajstić information content (AvgIpc) is 3.00. The summed E-state index contributed by atoms with van der Waals surface area (Å²) in [6.07, 6.45) is 0.248. The van der Waals surface area contributed by atoms with Crippen molar-refractivity contribution >= 4 is 29.0 Å². The Morgan fingerprint density at radius 1 is 1.09 bits per heavy atom. The summed E-state index contributed by atoms with van der Waals surface area (Å²) >= 11 is 0. The number of alkyl halides is 1. The minimum atomic E-state index is -2.78. The topological polar surface area (TPSA) is 168 Å². The summed E-state index contributed by atoms with van der Waals surface area (Å²) in [6.45, 7) is 1.85. The number of carbonyl (C=O) groups is 5. The van der Waals surface area contributed by atoms with Crippen LogP contribution in [0, 0.1) is 23.7 Å². The number of aromatic hydroxyl groups is 1. The highest BCUT2D eigenvalue weighted by atomic mass is 19.1. The maximum atomic E-state index is 14.2. The molecule has 1 saturated heterocycles. The first-order valence-corrected chi connectivity index (χ1v) is 15.5. The van der Waals surface area contributed by atoms with E-state index in [2.05, 4.69) is 4.90 Å². The van der Waals surface area contributed by atoms with Crippen LogP contribution >= 0.6 is 0 Å². The van der Waals surface area contributed by atoms with Crippen LogP contribution in [-0.4, -0.2) is 101 Å². The molecule has 11 nitrogen and oxygen atoms in total.